The summed E-state index contributed by atoms with van der Waals surface area (Å²) in [5.74, 6) is -0.465. The van der Waals surface area contributed by atoms with Crippen molar-refractivity contribution in [3.05, 3.63) is 53.6 Å². The fourth-order valence-corrected chi connectivity index (χ4v) is 3.88. The van der Waals surface area contributed by atoms with Gasteiger partial charge in [-0.25, -0.2) is 8.42 Å². The molecule has 1 aliphatic rings. The zero-order valence-electron chi connectivity index (χ0n) is 12.8. The minimum Gasteiger partial charge on any atom is -0.360 e. The molecule has 0 aromatic heterocycles. The van der Waals surface area contributed by atoms with Crippen LogP contribution in [0.1, 0.15) is 11.1 Å². The van der Waals surface area contributed by atoms with E-state index in [-0.39, 0.29) is 4.90 Å². The molecule has 0 bridgehead atoms. The average molecular weight is 331 g/mol. The van der Waals surface area contributed by atoms with Crippen LogP contribution in [0.5, 0.6) is 0 Å². The lowest BCUT2D eigenvalue weighted by Gasteiger charge is -2.27. The standard InChI is InChI=1S/C16H17N3O3S/c1-10-7-11(2)9-12(8-10)17-16(20)15-18-13-5-3-4-6-14(13)23(21,22)19-15/h3-9,15,18-19H,1-2H3,(H,17,20)/t15-/m0/s1. The number of hydrogen-bond donors (Lipinski definition) is 3. The zero-order chi connectivity index (χ0) is 16.6. The number of carbonyl (C=O) groups excluding carboxylic acids is 1. The van der Waals surface area contributed by atoms with Gasteiger partial charge in [0.15, 0.2) is 6.17 Å². The van der Waals surface area contributed by atoms with E-state index in [1.165, 1.54) is 6.07 Å². The van der Waals surface area contributed by atoms with Gasteiger partial charge in [-0.05, 0) is 49.2 Å². The molecule has 2 aromatic rings. The molecule has 1 aliphatic heterocycles. The molecule has 0 saturated carbocycles. The van der Waals surface area contributed by atoms with E-state index in [1.807, 2.05) is 32.0 Å². The van der Waals surface area contributed by atoms with Crippen LogP contribution in [0.25, 0.3) is 0 Å². The molecule has 0 aliphatic carbocycles. The molecule has 1 heterocycles. The number of benzene rings is 2. The predicted molar refractivity (Wildman–Crippen MR) is 88.7 cm³/mol. The van der Waals surface area contributed by atoms with Crippen molar-refractivity contribution in [3.8, 4) is 0 Å². The van der Waals surface area contributed by atoms with Crippen LogP contribution in [-0.4, -0.2) is 20.5 Å². The summed E-state index contributed by atoms with van der Waals surface area (Å²) in [5.41, 5.74) is 3.07. The third-order valence-corrected chi connectivity index (χ3v) is 4.98. The van der Waals surface area contributed by atoms with Gasteiger partial charge in [-0.1, -0.05) is 18.2 Å². The van der Waals surface area contributed by atoms with Crippen molar-refractivity contribution in [2.24, 2.45) is 0 Å². The molecule has 23 heavy (non-hydrogen) atoms. The van der Waals surface area contributed by atoms with Crippen LogP contribution in [0.15, 0.2) is 47.4 Å². The summed E-state index contributed by atoms with van der Waals surface area (Å²) in [6.45, 7) is 3.86. The number of para-hydroxylation sites is 1. The van der Waals surface area contributed by atoms with Gasteiger partial charge in [0.05, 0.1) is 5.69 Å². The minimum absolute atomic E-state index is 0.135. The van der Waals surface area contributed by atoms with Crippen molar-refractivity contribution in [1.29, 1.82) is 0 Å². The monoisotopic (exact) mass is 331 g/mol. The Morgan fingerprint density at radius 3 is 2.43 bits per heavy atom. The van der Waals surface area contributed by atoms with Gasteiger partial charge in [0.2, 0.25) is 10.0 Å². The second-order valence-electron chi connectivity index (χ2n) is 5.56. The molecule has 3 rings (SSSR count). The largest absolute Gasteiger partial charge is 0.360 e. The molecule has 0 unspecified atom stereocenters. The van der Waals surface area contributed by atoms with Gasteiger partial charge in [-0.15, -0.1) is 0 Å². The Hall–Kier alpha value is -2.38. The number of anilines is 2. The zero-order valence-corrected chi connectivity index (χ0v) is 13.6. The molecule has 1 atom stereocenters. The number of aryl methyl sites for hydroxylation is 2. The van der Waals surface area contributed by atoms with E-state index in [0.29, 0.717) is 11.4 Å². The van der Waals surface area contributed by atoms with Gasteiger partial charge in [0, 0.05) is 5.69 Å². The van der Waals surface area contributed by atoms with E-state index in [0.717, 1.165) is 11.1 Å². The number of rotatable bonds is 2. The van der Waals surface area contributed by atoms with Crippen molar-refractivity contribution in [2.45, 2.75) is 24.9 Å². The molecule has 120 valence electrons. The molecular weight excluding hydrogens is 314 g/mol. The van der Waals surface area contributed by atoms with E-state index in [4.69, 9.17) is 0 Å². The summed E-state index contributed by atoms with van der Waals surface area (Å²) in [5, 5.41) is 5.63. The maximum Gasteiger partial charge on any atom is 0.262 e. The molecule has 7 heteroatoms. The molecule has 0 spiro atoms. The van der Waals surface area contributed by atoms with Crippen LogP contribution in [0.3, 0.4) is 0 Å². The Labute approximate surface area is 135 Å². The van der Waals surface area contributed by atoms with Crippen LogP contribution in [0.4, 0.5) is 11.4 Å². The van der Waals surface area contributed by atoms with Gasteiger partial charge in [-0.2, -0.15) is 4.72 Å². The highest BCUT2D eigenvalue weighted by molar-refractivity contribution is 7.89. The molecule has 0 saturated heterocycles. The van der Waals surface area contributed by atoms with E-state index < -0.39 is 22.1 Å². The maximum atomic E-state index is 12.4. The van der Waals surface area contributed by atoms with Gasteiger partial charge < -0.3 is 10.6 Å². The van der Waals surface area contributed by atoms with Crippen LogP contribution in [0.2, 0.25) is 0 Å². The first-order valence-electron chi connectivity index (χ1n) is 7.12. The first kappa shape index (κ1) is 15.5. The maximum absolute atomic E-state index is 12.4. The van der Waals surface area contributed by atoms with E-state index >= 15 is 0 Å². The summed E-state index contributed by atoms with van der Waals surface area (Å²) >= 11 is 0. The number of hydrogen-bond acceptors (Lipinski definition) is 4. The van der Waals surface area contributed by atoms with Crippen molar-refractivity contribution >= 4 is 27.3 Å². The molecule has 6 nitrogen and oxygen atoms in total. The van der Waals surface area contributed by atoms with Crippen molar-refractivity contribution in [2.75, 3.05) is 10.6 Å². The molecule has 0 fully saturated rings. The third-order valence-electron chi connectivity index (χ3n) is 3.50. The Bertz CT molecular complexity index is 858. The molecule has 1 amide bonds. The lowest BCUT2D eigenvalue weighted by atomic mass is 10.1. The van der Waals surface area contributed by atoms with Crippen LogP contribution < -0.4 is 15.4 Å². The third kappa shape index (κ3) is 3.20. The van der Waals surface area contributed by atoms with Crippen molar-refractivity contribution < 1.29 is 13.2 Å². The summed E-state index contributed by atoms with van der Waals surface area (Å²) < 4.78 is 26.8. The Morgan fingerprint density at radius 2 is 1.74 bits per heavy atom. The fraction of sp³-hybridized carbons (Fsp3) is 0.188. The predicted octanol–water partition coefficient (Wildman–Crippen LogP) is 1.97. The highest BCUT2D eigenvalue weighted by Gasteiger charge is 2.32. The second kappa shape index (κ2) is 5.68. The number of carbonyl (C=O) groups is 1. The number of nitrogens with one attached hydrogen (secondary N) is 3. The van der Waals surface area contributed by atoms with Gasteiger partial charge >= 0.3 is 0 Å². The molecule has 2 aromatic carbocycles. The summed E-state index contributed by atoms with van der Waals surface area (Å²) in [7, 11) is -3.72. The first-order chi connectivity index (χ1) is 10.8. The number of amides is 1. The van der Waals surface area contributed by atoms with Gasteiger partial charge in [-0.3, -0.25) is 4.79 Å². The van der Waals surface area contributed by atoms with Crippen LogP contribution in [0, 0.1) is 13.8 Å². The highest BCUT2D eigenvalue weighted by atomic mass is 32.2. The van der Waals surface area contributed by atoms with Crippen molar-refractivity contribution in [1.82, 2.24) is 4.72 Å². The average Bonchev–Trinajstić information content (AvgIpc) is 2.45. The first-order valence-corrected chi connectivity index (χ1v) is 8.60. The normalized spacial score (nSPS) is 18.6. The van der Waals surface area contributed by atoms with E-state index in [1.54, 1.807) is 18.2 Å². The Morgan fingerprint density at radius 1 is 1.09 bits per heavy atom. The number of sulfonamides is 1. The van der Waals surface area contributed by atoms with Gasteiger partial charge in [0.25, 0.3) is 5.91 Å². The SMILES string of the molecule is Cc1cc(C)cc(NC(=O)[C@H]2Nc3ccccc3S(=O)(=O)N2)c1. The summed E-state index contributed by atoms with van der Waals surface area (Å²) in [4.78, 5) is 12.5. The van der Waals surface area contributed by atoms with Gasteiger partial charge in [0.1, 0.15) is 4.90 Å². The topological polar surface area (TPSA) is 87.3 Å². The molecule has 0 radical (unpaired) electrons. The fourth-order valence-electron chi connectivity index (χ4n) is 2.60. The Kier molecular flexibility index (Phi) is 3.83. The minimum atomic E-state index is -3.72. The lowest BCUT2D eigenvalue weighted by Crippen LogP contribution is -2.51. The van der Waals surface area contributed by atoms with E-state index in [2.05, 4.69) is 15.4 Å². The Balaban J connectivity index is 1.84. The van der Waals surface area contributed by atoms with Crippen LogP contribution in [-0.2, 0) is 14.8 Å². The highest BCUT2D eigenvalue weighted by Crippen LogP contribution is 2.25. The smallest absolute Gasteiger partial charge is 0.262 e. The lowest BCUT2D eigenvalue weighted by molar-refractivity contribution is -0.117. The quantitative estimate of drug-likeness (QED) is 0.785. The van der Waals surface area contributed by atoms with Crippen LogP contribution >= 0.6 is 0 Å². The second-order valence-corrected chi connectivity index (χ2v) is 7.24. The molecule has 3 N–H and O–H groups in total. The van der Waals surface area contributed by atoms with E-state index in [9.17, 15) is 13.2 Å². The number of fused-ring (bicyclic) bond motifs is 1. The summed E-state index contributed by atoms with van der Waals surface area (Å²) in [6.07, 6.45) is -1.06. The molecular formula is C16H17N3O3S. The summed E-state index contributed by atoms with van der Waals surface area (Å²) in [6, 6.07) is 12.1. The van der Waals surface area contributed by atoms with Crippen molar-refractivity contribution in [3.63, 3.8) is 0 Å².